The molecule has 0 radical (unpaired) electrons. The van der Waals surface area contributed by atoms with Crippen LogP contribution in [0.3, 0.4) is 0 Å². The van der Waals surface area contributed by atoms with Crippen LogP contribution >= 0.6 is 0 Å². The van der Waals surface area contributed by atoms with Crippen LogP contribution < -0.4 is 4.74 Å². The largest absolute Gasteiger partial charge is 0.496 e. The molecule has 0 fully saturated rings. The summed E-state index contributed by atoms with van der Waals surface area (Å²) in [5.74, 6) is 0.903. The van der Waals surface area contributed by atoms with Crippen LogP contribution in [0.4, 0.5) is 0 Å². The molecule has 0 heterocycles. The number of aliphatic hydroxyl groups excluding tert-OH is 1. The molecule has 1 N–H and O–H groups in total. The number of aliphatic hydroxyl groups is 1. The van der Waals surface area contributed by atoms with Gasteiger partial charge in [-0.05, 0) is 65.6 Å². The fraction of sp³-hybridized carbons (Fsp3) is 0.455. The van der Waals surface area contributed by atoms with Crippen molar-refractivity contribution in [2.75, 3.05) is 13.7 Å². The van der Waals surface area contributed by atoms with Crippen molar-refractivity contribution in [3.05, 3.63) is 52.6 Å². The summed E-state index contributed by atoms with van der Waals surface area (Å²) < 4.78 is 5.66. The van der Waals surface area contributed by atoms with E-state index in [2.05, 4.69) is 45.0 Å². The molecule has 1 aliphatic rings. The van der Waals surface area contributed by atoms with E-state index in [1.807, 2.05) is 6.07 Å². The van der Waals surface area contributed by atoms with Gasteiger partial charge in [0.1, 0.15) is 5.75 Å². The van der Waals surface area contributed by atoms with E-state index in [0.717, 1.165) is 23.3 Å². The molecule has 0 unspecified atom stereocenters. The lowest BCUT2D eigenvalue weighted by Crippen LogP contribution is -2.22. The summed E-state index contributed by atoms with van der Waals surface area (Å²) in [6.07, 6.45) is 4.66. The first-order valence-electron chi connectivity index (χ1n) is 8.94. The van der Waals surface area contributed by atoms with Gasteiger partial charge < -0.3 is 9.84 Å². The standard InChI is InChI=1S/C22H28O2/c1-5-15-11-16-7-6-8-17(16)12-19(15)20-13-18(22(2,3)14-23)9-10-21(20)24-4/h9-13,23H,5-8,14H2,1-4H3. The number of ether oxygens (including phenoxy) is 1. The maximum atomic E-state index is 9.73. The van der Waals surface area contributed by atoms with E-state index in [1.165, 1.54) is 41.5 Å². The normalized spacial score (nSPS) is 13.9. The second-order valence-electron chi connectivity index (χ2n) is 7.44. The van der Waals surface area contributed by atoms with Crippen LogP contribution in [0.5, 0.6) is 5.75 Å². The predicted molar refractivity (Wildman–Crippen MR) is 99.9 cm³/mol. The molecule has 0 spiro atoms. The molecule has 3 rings (SSSR count). The maximum Gasteiger partial charge on any atom is 0.126 e. The van der Waals surface area contributed by atoms with Crippen LogP contribution in [0.25, 0.3) is 11.1 Å². The van der Waals surface area contributed by atoms with E-state index in [9.17, 15) is 5.11 Å². The highest BCUT2D eigenvalue weighted by atomic mass is 16.5. The Kier molecular flexibility index (Phi) is 4.69. The second-order valence-corrected chi connectivity index (χ2v) is 7.44. The third-order valence-electron chi connectivity index (χ3n) is 5.36. The van der Waals surface area contributed by atoms with Gasteiger partial charge in [-0.1, -0.05) is 39.0 Å². The van der Waals surface area contributed by atoms with Gasteiger partial charge in [0.05, 0.1) is 13.7 Å². The van der Waals surface area contributed by atoms with Gasteiger partial charge in [-0.25, -0.2) is 0 Å². The Morgan fingerprint density at radius 3 is 2.38 bits per heavy atom. The number of aryl methyl sites for hydroxylation is 3. The lowest BCUT2D eigenvalue weighted by Gasteiger charge is -2.24. The molecule has 0 saturated carbocycles. The molecule has 0 atom stereocenters. The van der Waals surface area contributed by atoms with Crippen LogP contribution in [-0.2, 0) is 24.7 Å². The van der Waals surface area contributed by atoms with Crippen molar-refractivity contribution in [3.8, 4) is 16.9 Å². The van der Waals surface area contributed by atoms with Gasteiger partial charge >= 0.3 is 0 Å². The molecular weight excluding hydrogens is 296 g/mol. The highest BCUT2D eigenvalue weighted by Crippen LogP contribution is 2.39. The van der Waals surface area contributed by atoms with Crippen molar-refractivity contribution in [3.63, 3.8) is 0 Å². The molecule has 2 aromatic rings. The Bertz CT molecular complexity index is 744. The van der Waals surface area contributed by atoms with Crippen molar-refractivity contribution < 1.29 is 9.84 Å². The van der Waals surface area contributed by atoms with E-state index in [0.29, 0.717) is 0 Å². The summed E-state index contributed by atoms with van der Waals surface area (Å²) in [7, 11) is 1.73. The molecule has 128 valence electrons. The van der Waals surface area contributed by atoms with Gasteiger partial charge in [-0.2, -0.15) is 0 Å². The van der Waals surface area contributed by atoms with E-state index >= 15 is 0 Å². The number of hydrogen-bond donors (Lipinski definition) is 1. The molecule has 0 aliphatic heterocycles. The lowest BCUT2D eigenvalue weighted by molar-refractivity contribution is 0.218. The fourth-order valence-electron chi connectivity index (χ4n) is 3.65. The summed E-state index contributed by atoms with van der Waals surface area (Å²) in [6, 6.07) is 11.1. The van der Waals surface area contributed by atoms with E-state index in [1.54, 1.807) is 7.11 Å². The monoisotopic (exact) mass is 324 g/mol. The topological polar surface area (TPSA) is 29.5 Å². The van der Waals surface area contributed by atoms with Crippen molar-refractivity contribution in [1.82, 2.24) is 0 Å². The third-order valence-corrected chi connectivity index (χ3v) is 5.36. The van der Waals surface area contributed by atoms with Crippen LogP contribution in [-0.4, -0.2) is 18.8 Å². The van der Waals surface area contributed by atoms with Gasteiger partial charge in [0.2, 0.25) is 0 Å². The minimum atomic E-state index is -0.260. The Labute approximate surface area is 145 Å². The minimum absolute atomic E-state index is 0.129. The van der Waals surface area contributed by atoms with Crippen LogP contribution in [0.1, 0.15) is 49.4 Å². The SMILES string of the molecule is CCc1cc2c(cc1-c1cc(C(C)(C)CO)ccc1OC)CCC2. The highest BCUT2D eigenvalue weighted by Gasteiger charge is 2.23. The average Bonchev–Trinajstić information content (AvgIpc) is 3.07. The zero-order chi connectivity index (χ0) is 17.3. The summed E-state index contributed by atoms with van der Waals surface area (Å²) in [5, 5.41) is 9.73. The van der Waals surface area contributed by atoms with Crippen molar-refractivity contribution >= 4 is 0 Å². The van der Waals surface area contributed by atoms with Crippen molar-refractivity contribution in [1.29, 1.82) is 0 Å². The van der Waals surface area contributed by atoms with Gasteiger partial charge in [-0.3, -0.25) is 0 Å². The van der Waals surface area contributed by atoms with Gasteiger partial charge in [0.25, 0.3) is 0 Å². The molecule has 24 heavy (non-hydrogen) atoms. The maximum absolute atomic E-state index is 9.73. The zero-order valence-corrected chi connectivity index (χ0v) is 15.3. The Balaban J connectivity index is 2.19. The Hall–Kier alpha value is -1.80. The van der Waals surface area contributed by atoms with E-state index in [-0.39, 0.29) is 12.0 Å². The molecular formula is C22H28O2. The van der Waals surface area contributed by atoms with Gasteiger partial charge in [0.15, 0.2) is 0 Å². The molecule has 2 nitrogen and oxygen atoms in total. The van der Waals surface area contributed by atoms with Crippen LogP contribution in [0, 0.1) is 0 Å². The summed E-state index contributed by atoms with van der Waals surface area (Å²) in [4.78, 5) is 0. The Morgan fingerprint density at radius 2 is 1.75 bits per heavy atom. The van der Waals surface area contributed by atoms with Gasteiger partial charge in [-0.15, -0.1) is 0 Å². The number of methoxy groups -OCH3 is 1. The zero-order valence-electron chi connectivity index (χ0n) is 15.3. The molecule has 0 bridgehead atoms. The number of hydrogen-bond acceptors (Lipinski definition) is 2. The lowest BCUT2D eigenvalue weighted by atomic mass is 9.83. The summed E-state index contributed by atoms with van der Waals surface area (Å²) >= 11 is 0. The molecule has 0 saturated heterocycles. The van der Waals surface area contributed by atoms with Crippen molar-refractivity contribution in [2.24, 2.45) is 0 Å². The number of rotatable bonds is 5. The first kappa shape index (κ1) is 17.0. The summed E-state index contributed by atoms with van der Waals surface area (Å²) in [6.45, 7) is 6.49. The molecule has 0 amide bonds. The summed E-state index contributed by atoms with van der Waals surface area (Å²) in [5.41, 5.74) is 7.69. The van der Waals surface area contributed by atoms with Crippen molar-refractivity contribution in [2.45, 2.75) is 51.9 Å². The molecule has 2 heteroatoms. The fourth-order valence-corrected chi connectivity index (χ4v) is 3.65. The average molecular weight is 324 g/mol. The quantitative estimate of drug-likeness (QED) is 0.865. The number of benzene rings is 2. The predicted octanol–water partition coefficient (Wildman–Crippen LogP) is 4.68. The highest BCUT2D eigenvalue weighted by molar-refractivity contribution is 5.76. The minimum Gasteiger partial charge on any atom is -0.496 e. The van der Waals surface area contributed by atoms with Gasteiger partial charge in [0, 0.05) is 11.0 Å². The molecule has 0 aromatic heterocycles. The molecule has 1 aliphatic carbocycles. The first-order chi connectivity index (χ1) is 11.5. The van der Waals surface area contributed by atoms with E-state index < -0.39 is 0 Å². The second kappa shape index (κ2) is 6.60. The molecule has 2 aromatic carbocycles. The van der Waals surface area contributed by atoms with Crippen LogP contribution in [0.15, 0.2) is 30.3 Å². The smallest absolute Gasteiger partial charge is 0.126 e. The Morgan fingerprint density at radius 1 is 1.04 bits per heavy atom. The van der Waals surface area contributed by atoms with E-state index in [4.69, 9.17) is 4.74 Å². The third kappa shape index (κ3) is 2.95. The number of fused-ring (bicyclic) bond motifs is 1. The first-order valence-corrected chi connectivity index (χ1v) is 8.94. The van der Waals surface area contributed by atoms with Crippen LogP contribution in [0.2, 0.25) is 0 Å².